The van der Waals surface area contributed by atoms with Gasteiger partial charge in [0.1, 0.15) is 0 Å². The summed E-state index contributed by atoms with van der Waals surface area (Å²) in [5, 5.41) is 24.6. The van der Waals surface area contributed by atoms with Crippen molar-refractivity contribution in [3.8, 4) is 16.9 Å². The zero-order chi connectivity index (χ0) is 21.8. The van der Waals surface area contributed by atoms with Crippen LogP contribution in [0.4, 0.5) is 0 Å². The van der Waals surface area contributed by atoms with Crippen LogP contribution in [0.2, 0.25) is 15.1 Å². The lowest BCUT2D eigenvalue weighted by molar-refractivity contribution is 0.0678. The van der Waals surface area contributed by atoms with Gasteiger partial charge in [0.25, 0.3) is 5.91 Å². The number of aliphatic hydroxyl groups is 2. The Balaban J connectivity index is 2.21. The highest BCUT2D eigenvalue weighted by Gasteiger charge is 2.26. The first-order chi connectivity index (χ1) is 14.4. The number of hydrogen-bond donors (Lipinski definition) is 2. The molecule has 0 spiro atoms. The van der Waals surface area contributed by atoms with E-state index >= 15 is 0 Å². The predicted molar refractivity (Wildman–Crippen MR) is 119 cm³/mol. The largest absolute Gasteiger partial charge is 0.395 e. The van der Waals surface area contributed by atoms with Gasteiger partial charge in [0.05, 0.1) is 29.6 Å². The Morgan fingerprint density at radius 3 is 2.17 bits per heavy atom. The van der Waals surface area contributed by atoms with Gasteiger partial charge in [-0.15, -0.1) is 0 Å². The molecule has 3 aromatic rings. The van der Waals surface area contributed by atoms with Crippen LogP contribution in [0.5, 0.6) is 0 Å². The first-order valence-electron chi connectivity index (χ1n) is 9.19. The molecule has 0 fully saturated rings. The summed E-state index contributed by atoms with van der Waals surface area (Å²) < 4.78 is 1.60. The van der Waals surface area contributed by atoms with E-state index in [0.717, 1.165) is 5.56 Å². The van der Waals surface area contributed by atoms with Crippen LogP contribution in [-0.4, -0.2) is 57.1 Å². The maximum absolute atomic E-state index is 13.1. The summed E-state index contributed by atoms with van der Waals surface area (Å²) in [4.78, 5) is 14.5. The van der Waals surface area contributed by atoms with Gasteiger partial charge in [0.15, 0.2) is 5.69 Å². The SMILES string of the molecule is Cc1c(C(=O)N(CCO)CCO)nn(-c2ccc(Cl)cc2Cl)c1-c1ccc(Cl)cc1. The molecule has 2 N–H and O–H groups in total. The van der Waals surface area contributed by atoms with Crippen molar-refractivity contribution in [3.05, 3.63) is 68.8 Å². The van der Waals surface area contributed by atoms with Gasteiger partial charge in [-0.1, -0.05) is 46.9 Å². The summed E-state index contributed by atoms with van der Waals surface area (Å²) in [5.41, 5.74) is 2.86. The monoisotopic (exact) mass is 467 g/mol. The van der Waals surface area contributed by atoms with Gasteiger partial charge in [-0.25, -0.2) is 4.68 Å². The van der Waals surface area contributed by atoms with E-state index in [1.807, 2.05) is 12.1 Å². The Morgan fingerprint density at radius 1 is 1.00 bits per heavy atom. The Labute approximate surface area is 189 Å². The van der Waals surface area contributed by atoms with Crippen LogP contribution in [0.1, 0.15) is 16.1 Å². The van der Waals surface area contributed by atoms with E-state index in [0.29, 0.717) is 32.0 Å². The Kier molecular flexibility index (Phi) is 7.39. The van der Waals surface area contributed by atoms with E-state index in [9.17, 15) is 15.0 Å². The van der Waals surface area contributed by atoms with Crippen molar-refractivity contribution in [2.75, 3.05) is 26.3 Å². The molecule has 1 heterocycles. The number of nitrogens with zero attached hydrogens (tertiary/aromatic N) is 3. The van der Waals surface area contributed by atoms with Gasteiger partial charge in [-0.2, -0.15) is 5.10 Å². The highest BCUT2D eigenvalue weighted by Crippen LogP contribution is 2.33. The average molecular weight is 469 g/mol. The minimum atomic E-state index is -0.394. The van der Waals surface area contributed by atoms with Crippen LogP contribution in [0.15, 0.2) is 42.5 Å². The zero-order valence-electron chi connectivity index (χ0n) is 16.1. The van der Waals surface area contributed by atoms with Crippen molar-refractivity contribution in [2.45, 2.75) is 6.92 Å². The number of amides is 1. The smallest absolute Gasteiger partial charge is 0.274 e. The fourth-order valence-electron chi connectivity index (χ4n) is 3.18. The van der Waals surface area contributed by atoms with E-state index in [4.69, 9.17) is 34.8 Å². The Hall–Kier alpha value is -2.09. The third-order valence-corrected chi connectivity index (χ3v) is 5.40. The Bertz CT molecular complexity index is 1050. The summed E-state index contributed by atoms with van der Waals surface area (Å²) in [5.74, 6) is -0.394. The second-order valence-corrected chi connectivity index (χ2v) is 7.86. The van der Waals surface area contributed by atoms with Gasteiger partial charge in [0, 0.05) is 34.3 Å². The number of aromatic nitrogens is 2. The molecule has 3 rings (SSSR count). The number of carbonyl (C=O) groups excluding carboxylic acids is 1. The number of hydrogen-bond acceptors (Lipinski definition) is 4. The fraction of sp³-hybridized carbons (Fsp3) is 0.238. The molecular weight excluding hydrogens is 449 g/mol. The number of carbonyl (C=O) groups is 1. The minimum Gasteiger partial charge on any atom is -0.395 e. The van der Waals surface area contributed by atoms with E-state index in [-0.39, 0.29) is 32.0 Å². The molecule has 9 heteroatoms. The van der Waals surface area contributed by atoms with Crippen LogP contribution in [0.25, 0.3) is 16.9 Å². The molecular formula is C21H20Cl3N3O3. The van der Waals surface area contributed by atoms with Crippen molar-refractivity contribution in [2.24, 2.45) is 0 Å². The quantitative estimate of drug-likeness (QED) is 0.544. The maximum atomic E-state index is 13.1. The third-order valence-electron chi connectivity index (χ3n) is 4.61. The molecule has 30 heavy (non-hydrogen) atoms. The van der Waals surface area contributed by atoms with Gasteiger partial charge in [-0.05, 0) is 37.3 Å². The average Bonchev–Trinajstić information content (AvgIpc) is 3.05. The first kappa shape index (κ1) is 22.6. The first-order valence-corrected chi connectivity index (χ1v) is 10.3. The van der Waals surface area contributed by atoms with E-state index in [1.54, 1.807) is 41.9 Å². The second-order valence-electron chi connectivity index (χ2n) is 6.58. The number of rotatable bonds is 7. The van der Waals surface area contributed by atoms with Crippen LogP contribution < -0.4 is 0 Å². The molecule has 0 aliphatic heterocycles. The molecule has 0 aliphatic carbocycles. The summed E-state index contributed by atoms with van der Waals surface area (Å²) in [6.07, 6.45) is 0. The highest BCUT2D eigenvalue weighted by atomic mass is 35.5. The molecule has 158 valence electrons. The standard InChI is InChI=1S/C21H20Cl3N3O3/c1-13-19(21(30)26(8-10-28)9-11-29)25-27(18-7-6-16(23)12-17(18)24)20(13)14-2-4-15(22)5-3-14/h2-7,12,28-29H,8-11H2,1H3. The molecule has 6 nitrogen and oxygen atoms in total. The number of benzene rings is 2. The molecule has 0 aliphatic rings. The zero-order valence-corrected chi connectivity index (χ0v) is 18.4. The lowest BCUT2D eigenvalue weighted by Crippen LogP contribution is -2.36. The maximum Gasteiger partial charge on any atom is 0.274 e. The molecule has 0 saturated heterocycles. The van der Waals surface area contributed by atoms with Crippen LogP contribution in [0, 0.1) is 6.92 Å². The van der Waals surface area contributed by atoms with Crippen LogP contribution in [0.3, 0.4) is 0 Å². The lowest BCUT2D eigenvalue weighted by Gasteiger charge is -2.19. The molecule has 0 radical (unpaired) electrons. The number of halogens is 3. The van der Waals surface area contributed by atoms with Gasteiger partial charge < -0.3 is 15.1 Å². The molecule has 1 aromatic heterocycles. The van der Waals surface area contributed by atoms with E-state index in [1.165, 1.54) is 4.90 Å². The molecule has 2 aromatic carbocycles. The summed E-state index contributed by atoms with van der Waals surface area (Å²) in [6.45, 7) is 1.52. The van der Waals surface area contributed by atoms with E-state index in [2.05, 4.69) is 5.10 Å². The fourth-order valence-corrected chi connectivity index (χ4v) is 3.79. The topological polar surface area (TPSA) is 78.6 Å². The van der Waals surface area contributed by atoms with Crippen molar-refractivity contribution in [1.82, 2.24) is 14.7 Å². The van der Waals surface area contributed by atoms with Crippen LogP contribution in [-0.2, 0) is 0 Å². The molecule has 0 unspecified atom stereocenters. The lowest BCUT2D eigenvalue weighted by atomic mass is 10.1. The minimum absolute atomic E-state index is 0.0870. The number of aliphatic hydroxyl groups excluding tert-OH is 2. The van der Waals surface area contributed by atoms with Gasteiger partial charge >= 0.3 is 0 Å². The van der Waals surface area contributed by atoms with Crippen molar-refractivity contribution >= 4 is 40.7 Å². The molecule has 1 amide bonds. The van der Waals surface area contributed by atoms with Gasteiger partial charge in [0.2, 0.25) is 0 Å². The summed E-state index contributed by atoms with van der Waals surface area (Å²) in [7, 11) is 0. The normalized spacial score (nSPS) is 11.0. The predicted octanol–water partition coefficient (Wildman–Crippen LogP) is 4.23. The Morgan fingerprint density at radius 2 is 1.60 bits per heavy atom. The molecule has 0 bridgehead atoms. The molecule has 0 atom stereocenters. The van der Waals surface area contributed by atoms with Crippen LogP contribution >= 0.6 is 34.8 Å². The summed E-state index contributed by atoms with van der Waals surface area (Å²) in [6, 6.07) is 12.2. The molecule has 0 saturated carbocycles. The third kappa shape index (κ3) is 4.63. The second kappa shape index (κ2) is 9.81. The highest BCUT2D eigenvalue weighted by molar-refractivity contribution is 6.35. The van der Waals surface area contributed by atoms with Crippen molar-refractivity contribution in [3.63, 3.8) is 0 Å². The van der Waals surface area contributed by atoms with Crippen molar-refractivity contribution < 1.29 is 15.0 Å². The van der Waals surface area contributed by atoms with E-state index < -0.39 is 5.91 Å². The summed E-state index contributed by atoms with van der Waals surface area (Å²) >= 11 is 18.5. The van der Waals surface area contributed by atoms with Crippen molar-refractivity contribution in [1.29, 1.82) is 0 Å². The van der Waals surface area contributed by atoms with Gasteiger partial charge in [-0.3, -0.25) is 4.79 Å².